The number of anilines is 1. The standard InChI is InChI=1S/C18H18F2N2O3/c1-12(23)22-15-5-2-13(3-6-15)8-9-21-18(24)11-25-17-7-4-14(19)10-16(17)20/h2-7,10H,8-9,11H2,1H3,(H,21,24)(H,22,23). The van der Waals surface area contributed by atoms with Crippen molar-refractivity contribution in [2.45, 2.75) is 13.3 Å². The van der Waals surface area contributed by atoms with Crippen LogP contribution in [0.2, 0.25) is 0 Å². The lowest BCUT2D eigenvalue weighted by molar-refractivity contribution is -0.123. The first-order valence-electron chi connectivity index (χ1n) is 7.65. The quantitative estimate of drug-likeness (QED) is 0.808. The summed E-state index contributed by atoms with van der Waals surface area (Å²) in [6.07, 6.45) is 0.594. The third-order valence-corrected chi connectivity index (χ3v) is 3.26. The molecule has 0 bridgehead atoms. The molecule has 2 aromatic rings. The van der Waals surface area contributed by atoms with Gasteiger partial charge in [-0.25, -0.2) is 8.78 Å². The third kappa shape index (κ3) is 6.21. The molecule has 0 saturated heterocycles. The van der Waals surface area contributed by atoms with Gasteiger partial charge >= 0.3 is 0 Å². The normalized spacial score (nSPS) is 10.2. The fourth-order valence-electron chi connectivity index (χ4n) is 2.09. The van der Waals surface area contributed by atoms with Gasteiger partial charge < -0.3 is 15.4 Å². The monoisotopic (exact) mass is 348 g/mol. The first kappa shape index (κ1) is 18.4. The number of halogens is 2. The first-order valence-corrected chi connectivity index (χ1v) is 7.65. The summed E-state index contributed by atoms with van der Waals surface area (Å²) in [6, 6.07) is 10.1. The van der Waals surface area contributed by atoms with Gasteiger partial charge in [-0.05, 0) is 36.2 Å². The molecular weight excluding hydrogens is 330 g/mol. The predicted molar refractivity (Wildman–Crippen MR) is 89.3 cm³/mol. The Hall–Kier alpha value is -2.96. The van der Waals surface area contributed by atoms with Gasteiger partial charge in [0.25, 0.3) is 5.91 Å². The van der Waals surface area contributed by atoms with Crippen molar-refractivity contribution in [2.24, 2.45) is 0 Å². The first-order chi connectivity index (χ1) is 11.9. The lowest BCUT2D eigenvalue weighted by Crippen LogP contribution is -2.30. The minimum absolute atomic E-state index is 0.141. The van der Waals surface area contributed by atoms with Gasteiger partial charge in [0.15, 0.2) is 18.2 Å². The fraction of sp³-hybridized carbons (Fsp3) is 0.222. The van der Waals surface area contributed by atoms with Gasteiger partial charge in [-0.2, -0.15) is 0 Å². The van der Waals surface area contributed by atoms with Crippen molar-refractivity contribution >= 4 is 17.5 Å². The highest BCUT2D eigenvalue weighted by atomic mass is 19.1. The van der Waals surface area contributed by atoms with Crippen LogP contribution in [0.15, 0.2) is 42.5 Å². The van der Waals surface area contributed by atoms with Crippen LogP contribution in [-0.2, 0) is 16.0 Å². The maximum Gasteiger partial charge on any atom is 0.257 e. The second-order valence-electron chi connectivity index (χ2n) is 5.34. The third-order valence-electron chi connectivity index (χ3n) is 3.26. The molecule has 2 aromatic carbocycles. The van der Waals surface area contributed by atoms with Gasteiger partial charge in [-0.15, -0.1) is 0 Å². The number of hydrogen-bond acceptors (Lipinski definition) is 3. The Morgan fingerprint density at radius 2 is 1.80 bits per heavy atom. The highest BCUT2D eigenvalue weighted by molar-refractivity contribution is 5.88. The molecule has 2 N–H and O–H groups in total. The molecule has 0 radical (unpaired) electrons. The molecule has 0 aliphatic heterocycles. The van der Waals surface area contributed by atoms with E-state index in [0.29, 0.717) is 24.7 Å². The SMILES string of the molecule is CC(=O)Nc1ccc(CCNC(=O)COc2ccc(F)cc2F)cc1. The Labute approximate surface area is 144 Å². The Balaban J connectivity index is 1.72. The number of hydrogen-bond donors (Lipinski definition) is 2. The minimum atomic E-state index is -0.855. The van der Waals surface area contributed by atoms with Gasteiger partial charge in [0.1, 0.15) is 5.82 Å². The second-order valence-corrected chi connectivity index (χ2v) is 5.34. The van der Waals surface area contributed by atoms with Crippen molar-refractivity contribution in [2.75, 3.05) is 18.5 Å². The van der Waals surface area contributed by atoms with Crippen LogP contribution >= 0.6 is 0 Å². The van der Waals surface area contributed by atoms with Crippen LogP contribution in [0.5, 0.6) is 5.75 Å². The van der Waals surface area contributed by atoms with E-state index in [1.54, 1.807) is 12.1 Å². The van der Waals surface area contributed by atoms with E-state index in [9.17, 15) is 18.4 Å². The number of rotatable bonds is 7. The van der Waals surface area contributed by atoms with E-state index < -0.39 is 17.5 Å². The Bertz CT molecular complexity index is 748. The number of amides is 2. The summed E-state index contributed by atoms with van der Waals surface area (Å²) in [6.45, 7) is 1.46. The minimum Gasteiger partial charge on any atom is -0.481 e. The number of nitrogens with one attached hydrogen (secondary N) is 2. The molecule has 132 valence electrons. The maximum atomic E-state index is 13.4. The molecule has 0 spiro atoms. The fourth-order valence-corrected chi connectivity index (χ4v) is 2.09. The zero-order valence-corrected chi connectivity index (χ0v) is 13.6. The molecule has 5 nitrogen and oxygen atoms in total. The van der Waals surface area contributed by atoms with Crippen molar-refractivity contribution in [3.05, 3.63) is 59.7 Å². The molecule has 7 heteroatoms. The van der Waals surface area contributed by atoms with Crippen molar-refractivity contribution < 1.29 is 23.1 Å². The predicted octanol–water partition coefficient (Wildman–Crippen LogP) is 2.66. The van der Waals surface area contributed by atoms with Crippen LogP contribution in [0, 0.1) is 11.6 Å². The summed E-state index contributed by atoms with van der Waals surface area (Å²) in [5.41, 5.74) is 1.69. The second kappa shape index (κ2) is 8.77. The van der Waals surface area contributed by atoms with Gasteiger partial charge in [-0.1, -0.05) is 12.1 Å². The molecule has 0 aliphatic carbocycles. The van der Waals surface area contributed by atoms with Gasteiger partial charge in [0.2, 0.25) is 5.91 Å². The summed E-state index contributed by atoms with van der Waals surface area (Å²) in [5, 5.41) is 5.32. The molecule has 0 aliphatic rings. The largest absolute Gasteiger partial charge is 0.481 e. The molecular formula is C18H18F2N2O3. The Kier molecular flexibility index (Phi) is 6.45. The van der Waals surface area contributed by atoms with Crippen molar-refractivity contribution in [3.8, 4) is 5.75 Å². The summed E-state index contributed by atoms with van der Waals surface area (Å²) in [7, 11) is 0. The van der Waals surface area contributed by atoms with E-state index in [1.807, 2.05) is 12.1 Å². The summed E-state index contributed by atoms with van der Waals surface area (Å²) in [4.78, 5) is 22.6. The number of carbonyl (C=O) groups is 2. The zero-order valence-electron chi connectivity index (χ0n) is 13.6. The zero-order chi connectivity index (χ0) is 18.2. The Morgan fingerprint density at radius 3 is 2.44 bits per heavy atom. The molecule has 0 fully saturated rings. The van der Waals surface area contributed by atoms with Crippen molar-refractivity contribution in [3.63, 3.8) is 0 Å². The molecule has 0 aromatic heterocycles. The topological polar surface area (TPSA) is 67.4 Å². The molecule has 25 heavy (non-hydrogen) atoms. The summed E-state index contributed by atoms with van der Waals surface area (Å²) in [5.74, 6) is -2.29. The van der Waals surface area contributed by atoms with Crippen molar-refractivity contribution in [1.82, 2.24) is 5.32 Å². The lowest BCUT2D eigenvalue weighted by atomic mass is 10.1. The number of benzene rings is 2. The molecule has 0 unspecified atom stereocenters. The van der Waals surface area contributed by atoms with E-state index in [2.05, 4.69) is 10.6 Å². The van der Waals surface area contributed by atoms with Gasteiger partial charge in [-0.3, -0.25) is 9.59 Å². The average molecular weight is 348 g/mol. The van der Waals surface area contributed by atoms with Crippen molar-refractivity contribution in [1.29, 1.82) is 0 Å². The number of ether oxygens (including phenoxy) is 1. The van der Waals surface area contributed by atoms with Crippen LogP contribution < -0.4 is 15.4 Å². The van der Waals surface area contributed by atoms with Gasteiger partial charge in [0.05, 0.1) is 0 Å². The number of carbonyl (C=O) groups excluding carboxylic acids is 2. The van der Waals surface area contributed by atoms with Gasteiger partial charge in [0, 0.05) is 25.2 Å². The Morgan fingerprint density at radius 1 is 1.08 bits per heavy atom. The highest BCUT2D eigenvalue weighted by Gasteiger charge is 2.08. The van der Waals surface area contributed by atoms with E-state index in [4.69, 9.17) is 4.74 Å². The molecule has 2 rings (SSSR count). The van der Waals surface area contributed by atoms with E-state index in [-0.39, 0.29) is 18.3 Å². The molecule has 0 heterocycles. The van der Waals surface area contributed by atoms with E-state index >= 15 is 0 Å². The van der Waals surface area contributed by atoms with Crippen LogP contribution in [0.25, 0.3) is 0 Å². The lowest BCUT2D eigenvalue weighted by Gasteiger charge is -2.09. The highest BCUT2D eigenvalue weighted by Crippen LogP contribution is 2.17. The summed E-state index contributed by atoms with van der Waals surface area (Å²) < 4.78 is 31.1. The molecule has 2 amide bonds. The van der Waals surface area contributed by atoms with Crippen LogP contribution in [0.4, 0.5) is 14.5 Å². The van der Waals surface area contributed by atoms with E-state index in [0.717, 1.165) is 17.7 Å². The van der Waals surface area contributed by atoms with Crippen LogP contribution in [0.3, 0.4) is 0 Å². The summed E-state index contributed by atoms with van der Waals surface area (Å²) >= 11 is 0. The molecule has 0 saturated carbocycles. The van der Waals surface area contributed by atoms with E-state index in [1.165, 1.54) is 6.92 Å². The smallest absolute Gasteiger partial charge is 0.257 e. The maximum absolute atomic E-state index is 13.4. The molecule has 0 atom stereocenters. The van der Waals surface area contributed by atoms with Crippen LogP contribution in [0.1, 0.15) is 12.5 Å². The van der Waals surface area contributed by atoms with Crippen LogP contribution in [-0.4, -0.2) is 25.0 Å². The average Bonchev–Trinajstić information content (AvgIpc) is 2.55.